The van der Waals surface area contributed by atoms with Crippen LogP contribution in [0.2, 0.25) is 0 Å². The molecule has 1 saturated carbocycles. The zero-order valence-electron chi connectivity index (χ0n) is 14.0. The predicted octanol–water partition coefficient (Wildman–Crippen LogP) is 4.13. The number of nitrogens with zero attached hydrogens (tertiary/aromatic N) is 1. The molecule has 2 amide bonds. The van der Waals surface area contributed by atoms with E-state index in [-0.39, 0.29) is 29.0 Å². The maximum atomic E-state index is 12.8. The van der Waals surface area contributed by atoms with Crippen LogP contribution in [-0.2, 0) is 9.59 Å². The van der Waals surface area contributed by atoms with Crippen LogP contribution in [0.3, 0.4) is 0 Å². The number of halogens is 1. The lowest BCUT2D eigenvalue weighted by Gasteiger charge is -2.29. The van der Waals surface area contributed by atoms with E-state index in [9.17, 15) is 9.59 Å². The van der Waals surface area contributed by atoms with E-state index in [2.05, 4.69) is 0 Å². The second kappa shape index (κ2) is 6.98. The Morgan fingerprint density at radius 1 is 1.04 bits per heavy atom. The Labute approximate surface area is 147 Å². The zero-order valence-corrected chi connectivity index (χ0v) is 14.8. The van der Waals surface area contributed by atoms with Crippen molar-refractivity contribution in [1.82, 2.24) is 4.90 Å². The number of imide groups is 1. The van der Waals surface area contributed by atoms with E-state index in [0.29, 0.717) is 11.1 Å². The molecule has 128 valence electrons. The van der Waals surface area contributed by atoms with Gasteiger partial charge in [0.05, 0.1) is 11.7 Å². The number of carbonyl (C=O) groups is 2. The van der Waals surface area contributed by atoms with Gasteiger partial charge < -0.3 is 4.74 Å². The Bertz CT molecular complexity index is 672. The highest BCUT2D eigenvalue weighted by Gasteiger charge is 2.42. The molecule has 1 aromatic rings. The number of carbonyl (C=O) groups excluding carboxylic acids is 2. The van der Waals surface area contributed by atoms with E-state index < -0.39 is 0 Å². The van der Waals surface area contributed by atoms with E-state index >= 15 is 0 Å². The molecule has 0 unspecified atom stereocenters. The fraction of sp³-hybridized carbons (Fsp3) is 0.474. The molecule has 24 heavy (non-hydrogen) atoms. The molecule has 0 spiro atoms. The molecule has 1 aliphatic heterocycles. The Kier molecular flexibility index (Phi) is 4.95. The number of hydrogen-bond acceptors (Lipinski definition) is 3. The van der Waals surface area contributed by atoms with Gasteiger partial charge in [0.15, 0.2) is 0 Å². The quantitative estimate of drug-likeness (QED) is 0.769. The minimum Gasteiger partial charge on any atom is -0.491 e. The van der Waals surface area contributed by atoms with Gasteiger partial charge in [-0.05, 0) is 44.4 Å². The molecule has 0 saturated heterocycles. The van der Waals surface area contributed by atoms with Crippen molar-refractivity contribution in [2.24, 2.45) is 0 Å². The number of ether oxygens (including phenoxy) is 1. The third kappa shape index (κ3) is 3.20. The summed E-state index contributed by atoms with van der Waals surface area (Å²) >= 11 is 6.23. The van der Waals surface area contributed by atoms with Gasteiger partial charge in [0, 0.05) is 6.04 Å². The summed E-state index contributed by atoms with van der Waals surface area (Å²) in [5.74, 6) is 0.104. The summed E-state index contributed by atoms with van der Waals surface area (Å²) < 4.78 is 5.61. The summed E-state index contributed by atoms with van der Waals surface area (Å²) in [4.78, 5) is 26.7. The summed E-state index contributed by atoms with van der Waals surface area (Å²) in [6.45, 7) is 3.91. The van der Waals surface area contributed by atoms with Crippen molar-refractivity contribution >= 4 is 29.0 Å². The minimum atomic E-state index is -0.355. The maximum Gasteiger partial charge on any atom is 0.273 e. The highest BCUT2D eigenvalue weighted by Crippen LogP contribution is 2.36. The Morgan fingerprint density at radius 3 is 2.25 bits per heavy atom. The largest absolute Gasteiger partial charge is 0.491 e. The topological polar surface area (TPSA) is 46.6 Å². The molecule has 0 N–H and O–H groups in total. The minimum absolute atomic E-state index is 0.0199. The average Bonchev–Trinajstić information content (AvgIpc) is 2.78. The fourth-order valence-corrected chi connectivity index (χ4v) is 3.69. The number of benzene rings is 1. The van der Waals surface area contributed by atoms with Crippen molar-refractivity contribution in [1.29, 1.82) is 0 Å². The van der Waals surface area contributed by atoms with E-state index in [1.165, 1.54) is 4.90 Å². The van der Waals surface area contributed by atoms with Gasteiger partial charge in [0.1, 0.15) is 10.8 Å². The van der Waals surface area contributed by atoms with Gasteiger partial charge in [-0.15, -0.1) is 0 Å². The highest BCUT2D eigenvalue weighted by molar-refractivity contribution is 6.55. The first-order valence-corrected chi connectivity index (χ1v) is 8.91. The molecule has 1 aromatic carbocycles. The first-order chi connectivity index (χ1) is 11.5. The summed E-state index contributed by atoms with van der Waals surface area (Å²) in [6, 6.07) is 7.14. The molecular weight excluding hydrogens is 326 g/mol. The molecule has 1 fully saturated rings. The van der Waals surface area contributed by atoms with Gasteiger partial charge in [-0.3, -0.25) is 14.5 Å². The SMILES string of the molecule is CC(C)Oc1ccc(C2=C(Cl)C(=O)N(C3CCCCC3)C2=O)cc1. The summed E-state index contributed by atoms with van der Waals surface area (Å²) in [5.41, 5.74) is 0.969. The third-order valence-corrected chi connectivity index (χ3v) is 4.86. The van der Waals surface area contributed by atoms with E-state index in [0.717, 1.165) is 37.9 Å². The third-order valence-electron chi connectivity index (χ3n) is 4.51. The lowest BCUT2D eigenvalue weighted by atomic mass is 9.94. The lowest BCUT2D eigenvalue weighted by molar-refractivity contribution is -0.139. The summed E-state index contributed by atoms with van der Waals surface area (Å²) in [7, 11) is 0. The van der Waals surface area contributed by atoms with Crippen LogP contribution in [-0.4, -0.2) is 28.9 Å². The zero-order chi connectivity index (χ0) is 17.3. The van der Waals surface area contributed by atoms with Crippen LogP contribution in [0.25, 0.3) is 5.57 Å². The monoisotopic (exact) mass is 347 g/mol. The molecule has 2 aliphatic rings. The van der Waals surface area contributed by atoms with Crippen molar-refractivity contribution in [2.45, 2.75) is 58.1 Å². The van der Waals surface area contributed by atoms with Crippen molar-refractivity contribution < 1.29 is 14.3 Å². The van der Waals surface area contributed by atoms with Crippen LogP contribution in [0.5, 0.6) is 5.75 Å². The smallest absolute Gasteiger partial charge is 0.273 e. The van der Waals surface area contributed by atoms with E-state index in [1.54, 1.807) is 24.3 Å². The summed E-state index contributed by atoms with van der Waals surface area (Å²) in [6.07, 6.45) is 5.09. The second-order valence-corrected chi connectivity index (χ2v) is 7.03. The summed E-state index contributed by atoms with van der Waals surface area (Å²) in [5, 5.41) is 0.0306. The van der Waals surface area contributed by atoms with Gasteiger partial charge in [0.2, 0.25) is 0 Å². The first kappa shape index (κ1) is 17.0. The Balaban J connectivity index is 1.84. The van der Waals surface area contributed by atoms with Crippen molar-refractivity contribution in [2.75, 3.05) is 0 Å². The van der Waals surface area contributed by atoms with Gasteiger partial charge in [-0.1, -0.05) is 43.0 Å². The molecule has 3 rings (SSSR count). The van der Waals surface area contributed by atoms with Crippen LogP contribution < -0.4 is 4.74 Å². The van der Waals surface area contributed by atoms with Crippen LogP contribution in [0.4, 0.5) is 0 Å². The standard InChI is InChI=1S/C19H22ClNO3/c1-12(2)24-15-10-8-13(9-11-15)16-17(20)19(23)21(18(16)22)14-6-4-3-5-7-14/h8-12,14H,3-7H2,1-2H3. The van der Waals surface area contributed by atoms with Crippen molar-refractivity contribution in [3.63, 3.8) is 0 Å². The maximum absolute atomic E-state index is 12.8. The number of hydrogen-bond donors (Lipinski definition) is 0. The van der Waals surface area contributed by atoms with Gasteiger partial charge in [0.25, 0.3) is 11.8 Å². The molecule has 1 aliphatic carbocycles. The van der Waals surface area contributed by atoms with Crippen LogP contribution in [0, 0.1) is 0 Å². The van der Waals surface area contributed by atoms with Gasteiger partial charge >= 0.3 is 0 Å². The van der Waals surface area contributed by atoms with Crippen LogP contribution in [0.15, 0.2) is 29.3 Å². The molecule has 0 bridgehead atoms. The van der Waals surface area contributed by atoms with E-state index in [4.69, 9.17) is 16.3 Å². The second-order valence-electron chi connectivity index (χ2n) is 6.65. The molecule has 0 atom stereocenters. The predicted molar refractivity (Wildman–Crippen MR) is 93.7 cm³/mol. The normalized spacial score (nSPS) is 19.6. The Morgan fingerprint density at radius 2 is 1.67 bits per heavy atom. The van der Waals surface area contributed by atoms with Crippen molar-refractivity contribution in [3.8, 4) is 5.75 Å². The Hall–Kier alpha value is -1.81. The average molecular weight is 348 g/mol. The van der Waals surface area contributed by atoms with Crippen LogP contribution in [0.1, 0.15) is 51.5 Å². The first-order valence-electron chi connectivity index (χ1n) is 8.54. The fourth-order valence-electron chi connectivity index (χ4n) is 3.41. The highest BCUT2D eigenvalue weighted by atomic mass is 35.5. The van der Waals surface area contributed by atoms with Gasteiger partial charge in [-0.2, -0.15) is 0 Å². The molecule has 1 heterocycles. The molecule has 0 radical (unpaired) electrons. The van der Waals surface area contributed by atoms with Gasteiger partial charge in [-0.25, -0.2) is 0 Å². The lowest BCUT2D eigenvalue weighted by Crippen LogP contribution is -2.41. The molecule has 4 nitrogen and oxygen atoms in total. The van der Waals surface area contributed by atoms with Crippen LogP contribution >= 0.6 is 11.6 Å². The molecular formula is C19H22ClNO3. The van der Waals surface area contributed by atoms with E-state index in [1.807, 2.05) is 13.8 Å². The number of rotatable bonds is 4. The van der Waals surface area contributed by atoms with Crippen molar-refractivity contribution in [3.05, 3.63) is 34.9 Å². The molecule has 0 aromatic heterocycles. The number of amides is 2. The molecule has 5 heteroatoms.